The SMILES string of the molecule is C[C@@H](CC(=O)Cn1cnnn1)[C@H]1C(=O)N2C(C(=O)O)=C(SC3CNC(C(=O)N4CCN(CCO)CC4)C3)[C@H](C)[C@H]12. The summed E-state index contributed by atoms with van der Waals surface area (Å²) in [6.45, 7) is 7.82. The number of tetrazole rings is 1. The molecule has 4 aliphatic rings. The number of carbonyl (C=O) groups excluding carboxylic acids is 3. The number of rotatable bonds is 11. The molecule has 3 saturated heterocycles. The zero-order valence-corrected chi connectivity index (χ0v) is 23.5. The highest BCUT2D eigenvalue weighted by molar-refractivity contribution is 8.03. The quantitative estimate of drug-likeness (QED) is 0.265. The van der Waals surface area contributed by atoms with Crippen molar-refractivity contribution < 1.29 is 29.4 Å². The third-order valence-electron chi connectivity index (χ3n) is 8.47. The molecule has 15 heteroatoms. The minimum atomic E-state index is -1.13. The van der Waals surface area contributed by atoms with Gasteiger partial charge in [0.25, 0.3) is 0 Å². The largest absolute Gasteiger partial charge is 0.477 e. The van der Waals surface area contributed by atoms with Crippen LogP contribution in [-0.2, 0) is 25.7 Å². The third-order valence-corrected chi connectivity index (χ3v) is 9.98. The van der Waals surface area contributed by atoms with Gasteiger partial charge in [0.05, 0.1) is 24.6 Å². The van der Waals surface area contributed by atoms with E-state index in [2.05, 4.69) is 25.7 Å². The maximum Gasteiger partial charge on any atom is 0.353 e. The lowest BCUT2D eigenvalue weighted by molar-refractivity contribution is -0.160. The van der Waals surface area contributed by atoms with Gasteiger partial charge in [0, 0.05) is 61.8 Å². The molecule has 4 aliphatic heterocycles. The van der Waals surface area contributed by atoms with Crippen molar-refractivity contribution in [1.82, 2.24) is 40.2 Å². The van der Waals surface area contributed by atoms with Gasteiger partial charge in [-0.2, -0.15) is 0 Å². The number of aliphatic hydroxyl groups is 1. The number of nitrogens with zero attached hydrogens (tertiary/aromatic N) is 7. The average Bonchev–Trinajstić information content (AvgIpc) is 3.65. The first-order valence-corrected chi connectivity index (χ1v) is 14.6. The molecule has 1 aromatic rings. The Hall–Kier alpha value is -2.88. The number of hydrogen-bond donors (Lipinski definition) is 3. The number of thioether (sulfide) groups is 1. The highest BCUT2D eigenvalue weighted by atomic mass is 32.2. The fourth-order valence-corrected chi connectivity index (χ4v) is 7.94. The Bertz CT molecular complexity index is 1170. The Morgan fingerprint density at radius 3 is 2.62 bits per heavy atom. The van der Waals surface area contributed by atoms with Gasteiger partial charge in [-0.3, -0.25) is 19.3 Å². The third kappa shape index (κ3) is 5.51. The van der Waals surface area contributed by atoms with Gasteiger partial charge in [-0.15, -0.1) is 16.9 Å². The molecule has 14 nitrogen and oxygen atoms in total. The molecule has 218 valence electrons. The fourth-order valence-electron chi connectivity index (χ4n) is 6.47. The molecular weight excluding hydrogens is 540 g/mol. The number of carboxylic acids is 1. The standard InChI is InChI=1S/C25H36N8O6S/c1-14(9-16(35)12-32-13-27-28-29-32)19-20-15(2)22(21(25(38)39)33(20)24(19)37)40-17-10-18(26-11-17)23(36)31-5-3-30(4-6-31)7-8-34/h13-15,17-20,26,34H,3-12H2,1-2H3,(H,38,39)/t14-,15+,17?,18?,19+,20+/m0/s1. The zero-order valence-electron chi connectivity index (χ0n) is 22.7. The molecule has 0 saturated carbocycles. The summed E-state index contributed by atoms with van der Waals surface area (Å²) in [5, 5.41) is 33.3. The second kappa shape index (κ2) is 11.9. The van der Waals surface area contributed by atoms with Crippen molar-refractivity contribution in [2.24, 2.45) is 17.8 Å². The average molecular weight is 577 g/mol. The van der Waals surface area contributed by atoms with Crippen LogP contribution in [0.25, 0.3) is 0 Å². The van der Waals surface area contributed by atoms with Crippen molar-refractivity contribution in [3.8, 4) is 0 Å². The van der Waals surface area contributed by atoms with Crippen LogP contribution in [0.2, 0.25) is 0 Å². The van der Waals surface area contributed by atoms with E-state index < -0.39 is 11.9 Å². The summed E-state index contributed by atoms with van der Waals surface area (Å²) in [5.41, 5.74) is 0.0331. The van der Waals surface area contributed by atoms with E-state index in [9.17, 15) is 24.3 Å². The molecule has 3 N–H and O–H groups in total. The maximum absolute atomic E-state index is 13.2. The highest BCUT2D eigenvalue weighted by Crippen LogP contribution is 2.53. The molecule has 5 heterocycles. The number of ketones is 1. The Morgan fingerprint density at radius 2 is 1.98 bits per heavy atom. The second-order valence-corrected chi connectivity index (χ2v) is 12.4. The van der Waals surface area contributed by atoms with Crippen molar-refractivity contribution in [2.45, 2.75) is 50.6 Å². The molecule has 0 aromatic carbocycles. The number of carboxylic acid groups (broad SMARTS) is 1. The smallest absolute Gasteiger partial charge is 0.353 e. The Balaban J connectivity index is 1.19. The van der Waals surface area contributed by atoms with Crippen LogP contribution in [0.15, 0.2) is 16.9 Å². The number of hydrogen-bond acceptors (Lipinski definition) is 11. The van der Waals surface area contributed by atoms with Gasteiger partial charge in [0.2, 0.25) is 11.8 Å². The lowest BCUT2D eigenvalue weighted by atomic mass is 9.73. The van der Waals surface area contributed by atoms with E-state index in [4.69, 9.17) is 5.11 Å². The molecule has 1 aromatic heterocycles. The van der Waals surface area contributed by atoms with Crippen molar-refractivity contribution in [2.75, 3.05) is 45.9 Å². The number of β-amino-alcohol motifs (C(OH)–C–C–N with tert-alkyl or cyclic N) is 1. The predicted molar refractivity (Wildman–Crippen MR) is 142 cm³/mol. The number of carbonyl (C=O) groups is 4. The van der Waals surface area contributed by atoms with Crippen LogP contribution < -0.4 is 5.32 Å². The van der Waals surface area contributed by atoms with Crippen LogP contribution in [0.3, 0.4) is 0 Å². The zero-order chi connectivity index (χ0) is 28.6. The molecular formula is C25H36N8O6S. The number of aliphatic carboxylic acids is 1. The summed E-state index contributed by atoms with van der Waals surface area (Å²) in [4.78, 5) is 57.3. The van der Waals surface area contributed by atoms with Gasteiger partial charge < -0.3 is 25.3 Å². The predicted octanol–water partition coefficient (Wildman–Crippen LogP) is -1.36. The first kappa shape index (κ1) is 28.6. The van der Waals surface area contributed by atoms with E-state index in [1.165, 1.54) is 27.7 Å². The molecule has 2 unspecified atom stereocenters. The molecule has 5 rings (SSSR count). The Morgan fingerprint density at radius 1 is 1.23 bits per heavy atom. The fraction of sp³-hybridized carbons (Fsp3) is 0.720. The van der Waals surface area contributed by atoms with E-state index in [0.29, 0.717) is 37.5 Å². The molecule has 0 radical (unpaired) electrons. The van der Waals surface area contributed by atoms with Gasteiger partial charge in [-0.05, 0) is 22.8 Å². The van der Waals surface area contributed by atoms with Gasteiger partial charge in [0.15, 0.2) is 5.78 Å². The number of aromatic nitrogens is 4. The first-order valence-electron chi connectivity index (χ1n) is 13.7. The van der Waals surface area contributed by atoms with Crippen LogP contribution in [-0.4, -0.2) is 132 Å². The number of nitrogens with one attached hydrogen (secondary N) is 1. The topological polar surface area (TPSA) is 174 Å². The summed E-state index contributed by atoms with van der Waals surface area (Å²) in [7, 11) is 0. The molecule has 6 atom stereocenters. The normalized spacial score (nSPS) is 29.5. The highest BCUT2D eigenvalue weighted by Gasteiger charge is 2.60. The van der Waals surface area contributed by atoms with E-state index in [-0.39, 0.29) is 72.0 Å². The lowest BCUT2D eigenvalue weighted by Crippen LogP contribution is -2.62. The minimum Gasteiger partial charge on any atom is -0.477 e. The van der Waals surface area contributed by atoms with Gasteiger partial charge in [-0.1, -0.05) is 13.8 Å². The molecule has 0 spiro atoms. The van der Waals surface area contributed by atoms with Crippen LogP contribution in [0.4, 0.5) is 0 Å². The number of aliphatic hydroxyl groups excluding tert-OH is 1. The van der Waals surface area contributed by atoms with E-state index >= 15 is 0 Å². The Kier molecular flexibility index (Phi) is 8.54. The van der Waals surface area contributed by atoms with Gasteiger partial charge >= 0.3 is 5.97 Å². The van der Waals surface area contributed by atoms with Crippen molar-refractivity contribution in [3.05, 3.63) is 16.9 Å². The Labute approximate surface area is 236 Å². The monoisotopic (exact) mass is 576 g/mol. The molecule has 3 fully saturated rings. The molecule has 0 aliphatic carbocycles. The minimum absolute atomic E-state index is 0.000953. The second-order valence-electron chi connectivity index (χ2n) is 11.1. The summed E-state index contributed by atoms with van der Waals surface area (Å²) in [5.74, 6) is -2.33. The van der Waals surface area contributed by atoms with E-state index in [1.54, 1.807) is 0 Å². The van der Waals surface area contributed by atoms with Crippen molar-refractivity contribution in [1.29, 1.82) is 0 Å². The maximum atomic E-state index is 13.2. The molecule has 40 heavy (non-hydrogen) atoms. The number of fused-ring (bicyclic) bond motifs is 1. The number of piperazine rings is 1. The van der Waals surface area contributed by atoms with Crippen LogP contribution >= 0.6 is 11.8 Å². The van der Waals surface area contributed by atoms with Gasteiger partial charge in [0.1, 0.15) is 18.6 Å². The van der Waals surface area contributed by atoms with Crippen LogP contribution in [0.1, 0.15) is 26.7 Å². The van der Waals surface area contributed by atoms with Crippen molar-refractivity contribution in [3.63, 3.8) is 0 Å². The van der Waals surface area contributed by atoms with Crippen LogP contribution in [0.5, 0.6) is 0 Å². The van der Waals surface area contributed by atoms with Crippen molar-refractivity contribution >= 4 is 35.3 Å². The summed E-state index contributed by atoms with van der Waals surface area (Å²) in [6, 6.07) is -0.635. The molecule has 0 bridgehead atoms. The number of amides is 2. The summed E-state index contributed by atoms with van der Waals surface area (Å²) in [6.07, 6.45) is 2.11. The number of β-lactam (4-membered cyclic amide) rings is 1. The summed E-state index contributed by atoms with van der Waals surface area (Å²) >= 11 is 1.46. The van der Waals surface area contributed by atoms with Gasteiger partial charge in [-0.25, -0.2) is 9.48 Å². The van der Waals surface area contributed by atoms with E-state index in [1.807, 2.05) is 18.7 Å². The number of Topliss-reactive ketones (excluding diaryl/α,β-unsaturated/α-hetero) is 1. The summed E-state index contributed by atoms with van der Waals surface area (Å²) < 4.78 is 1.34. The molecule has 2 amide bonds. The lowest BCUT2D eigenvalue weighted by Gasteiger charge is -2.47. The first-order chi connectivity index (χ1) is 19.2. The van der Waals surface area contributed by atoms with E-state index in [0.717, 1.165) is 13.1 Å². The van der Waals surface area contributed by atoms with Crippen LogP contribution in [0, 0.1) is 17.8 Å².